The Morgan fingerprint density at radius 1 is 0.812 bits per heavy atom. The van der Waals surface area contributed by atoms with Gasteiger partial charge in [-0.25, -0.2) is 0 Å². The second-order valence-electron chi connectivity index (χ2n) is 5.94. The Kier molecular flexibility index (Phi) is 3.49. The van der Waals surface area contributed by atoms with Gasteiger partial charge in [0.15, 0.2) is 0 Å². The number of rotatable bonds is 1. The quantitative estimate of drug-likeness (QED) is 0.677. The first-order chi connectivity index (χ1) is 7.93. The van der Waals surface area contributed by atoms with Crippen molar-refractivity contribution in [1.29, 1.82) is 0 Å². The van der Waals surface area contributed by atoms with E-state index in [2.05, 4.69) is 4.90 Å². The standard InChI is InChI=1S/C14H25NO/c1-2-7-13(8-3-1)15-10-12-6-4-5-9-14(12)16-11-15/h12-14H,1-11H2. The highest BCUT2D eigenvalue weighted by atomic mass is 16.5. The Hall–Kier alpha value is -0.0800. The van der Waals surface area contributed by atoms with Crippen LogP contribution in [0.4, 0.5) is 0 Å². The maximum atomic E-state index is 6.07. The minimum atomic E-state index is 0.605. The lowest BCUT2D eigenvalue weighted by Crippen LogP contribution is -2.50. The van der Waals surface area contributed by atoms with Crippen LogP contribution in [-0.4, -0.2) is 30.3 Å². The van der Waals surface area contributed by atoms with E-state index in [0.717, 1.165) is 18.7 Å². The van der Waals surface area contributed by atoms with E-state index in [9.17, 15) is 0 Å². The first kappa shape index (κ1) is 11.0. The van der Waals surface area contributed by atoms with Crippen LogP contribution in [-0.2, 0) is 4.74 Å². The highest BCUT2D eigenvalue weighted by molar-refractivity contribution is 4.85. The van der Waals surface area contributed by atoms with Crippen LogP contribution >= 0.6 is 0 Å². The van der Waals surface area contributed by atoms with Crippen LogP contribution in [0.25, 0.3) is 0 Å². The largest absolute Gasteiger partial charge is 0.363 e. The van der Waals surface area contributed by atoms with E-state index in [1.807, 2.05) is 0 Å². The molecule has 1 aliphatic heterocycles. The highest BCUT2D eigenvalue weighted by Crippen LogP contribution is 2.33. The van der Waals surface area contributed by atoms with Gasteiger partial charge in [0, 0.05) is 12.6 Å². The van der Waals surface area contributed by atoms with Crippen molar-refractivity contribution in [2.24, 2.45) is 5.92 Å². The summed E-state index contributed by atoms with van der Waals surface area (Å²) in [6.07, 6.45) is 13.3. The summed E-state index contributed by atoms with van der Waals surface area (Å²) in [5.74, 6) is 0.851. The topological polar surface area (TPSA) is 12.5 Å². The zero-order valence-electron chi connectivity index (χ0n) is 10.4. The Morgan fingerprint density at radius 2 is 1.56 bits per heavy atom. The van der Waals surface area contributed by atoms with Crippen molar-refractivity contribution in [3.63, 3.8) is 0 Å². The van der Waals surface area contributed by atoms with Crippen LogP contribution < -0.4 is 0 Å². The van der Waals surface area contributed by atoms with Gasteiger partial charge >= 0.3 is 0 Å². The summed E-state index contributed by atoms with van der Waals surface area (Å²) in [7, 11) is 0. The molecule has 0 aromatic heterocycles. The molecule has 2 aliphatic carbocycles. The van der Waals surface area contributed by atoms with E-state index in [0.29, 0.717) is 6.10 Å². The molecule has 3 rings (SSSR count). The molecule has 2 atom stereocenters. The van der Waals surface area contributed by atoms with Crippen molar-refractivity contribution in [1.82, 2.24) is 4.90 Å². The average Bonchev–Trinajstić information content (AvgIpc) is 2.39. The Morgan fingerprint density at radius 3 is 2.44 bits per heavy atom. The molecule has 0 amide bonds. The number of ether oxygens (including phenoxy) is 1. The molecule has 0 radical (unpaired) electrons. The fourth-order valence-electron chi connectivity index (χ4n) is 3.85. The molecule has 2 nitrogen and oxygen atoms in total. The van der Waals surface area contributed by atoms with Gasteiger partial charge in [-0.15, -0.1) is 0 Å². The number of nitrogens with zero attached hydrogens (tertiary/aromatic N) is 1. The SMILES string of the molecule is C1CCC(N2COC3CCCCC3C2)CC1. The van der Waals surface area contributed by atoms with Crippen molar-refractivity contribution in [3.8, 4) is 0 Å². The van der Waals surface area contributed by atoms with Crippen molar-refractivity contribution in [2.45, 2.75) is 69.9 Å². The van der Waals surface area contributed by atoms with E-state index in [4.69, 9.17) is 4.74 Å². The Labute approximate surface area is 99.3 Å². The fraction of sp³-hybridized carbons (Fsp3) is 1.00. The summed E-state index contributed by atoms with van der Waals surface area (Å²) in [6.45, 7) is 2.25. The van der Waals surface area contributed by atoms with Crippen molar-refractivity contribution in [3.05, 3.63) is 0 Å². The lowest BCUT2D eigenvalue weighted by molar-refractivity contribution is -0.133. The molecule has 1 heterocycles. The van der Waals surface area contributed by atoms with Crippen molar-refractivity contribution in [2.75, 3.05) is 13.3 Å². The van der Waals surface area contributed by atoms with Gasteiger partial charge in [-0.3, -0.25) is 4.90 Å². The van der Waals surface area contributed by atoms with Gasteiger partial charge < -0.3 is 4.74 Å². The fourth-order valence-corrected chi connectivity index (χ4v) is 3.85. The van der Waals surface area contributed by atoms with Gasteiger partial charge in [0.2, 0.25) is 0 Å². The van der Waals surface area contributed by atoms with Crippen LogP contribution in [0.5, 0.6) is 0 Å². The van der Waals surface area contributed by atoms with E-state index < -0.39 is 0 Å². The van der Waals surface area contributed by atoms with E-state index >= 15 is 0 Å². The number of hydrogen-bond acceptors (Lipinski definition) is 2. The highest BCUT2D eigenvalue weighted by Gasteiger charge is 2.34. The molecule has 0 spiro atoms. The zero-order valence-corrected chi connectivity index (χ0v) is 10.4. The van der Waals surface area contributed by atoms with Crippen LogP contribution in [0.3, 0.4) is 0 Å². The average molecular weight is 223 g/mol. The molecule has 0 aromatic carbocycles. The summed E-state index contributed by atoms with van der Waals surface area (Å²) < 4.78 is 6.07. The molecule has 16 heavy (non-hydrogen) atoms. The molecule has 3 aliphatic rings. The molecule has 0 aromatic rings. The normalized spacial score (nSPS) is 38.2. The molecule has 1 saturated heterocycles. The molecule has 0 N–H and O–H groups in total. The first-order valence-electron chi connectivity index (χ1n) is 7.29. The first-order valence-corrected chi connectivity index (χ1v) is 7.29. The third-order valence-electron chi connectivity index (χ3n) is 4.85. The Bertz CT molecular complexity index is 222. The summed E-state index contributed by atoms with van der Waals surface area (Å²) in [4.78, 5) is 2.64. The van der Waals surface area contributed by atoms with Gasteiger partial charge in [-0.1, -0.05) is 32.1 Å². The van der Waals surface area contributed by atoms with Gasteiger partial charge in [0.25, 0.3) is 0 Å². The van der Waals surface area contributed by atoms with Crippen LogP contribution in [0.1, 0.15) is 57.8 Å². The number of fused-ring (bicyclic) bond motifs is 1. The predicted molar refractivity (Wildman–Crippen MR) is 65.3 cm³/mol. The van der Waals surface area contributed by atoms with E-state index in [-0.39, 0.29) is 0 Å². The van der Waals surface area contributed by atoms with Crippen LogP contribution in [0, 0.1) is 5.92 Å². The maximum absolute atomic E-state index is 6.07. The van der Waals surface area contributed by atoms with Gasteiger partial charge in [-0.2, -0.15) is 0 Å². The second-order valence-corrected chi connectivity index (χ2v) is 5.94. The summed E-state index contributed by atoms with van der Waals surface area (Å²) in [5.41, 5.74) is 0. The second kappa shape index (κ2) is 5.05. The molecule has 2 heteroatoms. The van der Waals surface area contributed by atoms with Gasteiger partial charge in [-0.05, 0) is 31.6 Å². The zero-order chi connectivity index (χ0) is 10.8. The third-order valence-corrected chi connectivity index (χ3v) is 4.85. The molecule has 0 bridgehead atoms. The monoisotopic (exact) mass is 223 g/mol. The molecule has 92 valence electrons. The summed E-state index contributed by atoms with van der Waals surface area (Å²) in [5, 5.41) is 0. The summed E-state index contributed by atoms with van der Waals surface area (Å²) >= 11 is 0. The van der Waals surface area contributed by atoms with Crippen molar-refractivity contribution >= 4 is 0 Å². The van der Waals surface area contributed by atoms with Gasteiger partial charge in [0.1, 0.15) is 0 Å². The third kappa shape index (κ3) is 2.28. The van der Waals surface area contributed by atoms with Gasteiger partial charge in [0.05, 0.1) is 12.8 Å². The number of hydrogen-bond donors (Lipinski definition) is 0. The van der Waals surface area contributed by atoms with Crippen LogP contribution in [0.2, 0.25) is 0 Å². The minimum absolute atomic E-state index is 0.605. The minimum Gasteiger partial charge on any atom is -0.363 e. The van der Waals surface area contributed by atoms with Crippen molar-refractivity contribution < 1.29 is 4.74 Å². The smallest absolute Gasteiger partial charge is 0.0996 e. The maximum Gasteiger partial charge on any atom is 0.0996 e. The molecule has 2 saturated carbocycles. The molecular formula is C14H25NO. The van der Waals surface area contributed by atoms with E-state index in [1.54, 1.807) is 0 Å². The lowest BCUT2D eigenvalue weighted by Gasteiger charge is -2.45. The molecule has 3 fully saturated rings. The summed E-state index contributed by atoms with van der Waals surface area (Å²) in [6, 6.07) is 0.844. The van der Waals surface area contributed by atoms with E-state index in [1.165, 1.54) is 64.3 Å². The predicted octanol–water partition coefficient (Wildman–Crippen LogP) is 3.17. The lowest BCUT2D eigenvalue weighted by atomic mass is 9.84. The Balaban J connectivity index is 1.57. The molecular weight excluding hydrogens is 198 g/mol. The van der Waals surface area contributed by atoms with Crippen LogP contribution in [0.15, 0.2) is 0 Å². The molecule has 2 unspecified atom stereocenters.